The highest BCUT2D eigenvalue weighted by atomic mass is 16.3. The maximum absolute atomic E-state index is 10.9. The minimum Gasteiger partial charge on any atom is -0.373 e. The van der Waals surface area contributed by atoms with Crippen molar-refractivity contribution < 1.29 is 5.11 Å². The molecule has 1 aromatic heterocycles. The van der Waals surface area contributed by atoms with E-state index in [4.69, 9.17) is 0 Å². The van der Waals surface area contributed by atoms with E-state index in [2.05, 4.69) is 52.8 Å². The molecule has 0 bridgehead atoms. The van der Waals surface area contributed by atoms with E-state index in [1.807, 2.05) is 0 Å². The number of hydrogen-bond donors (Lipinski definition) is 1. The fraction of sp³-hybridized carbons (Fsp3) is 0.474. The van der Waals surface area contributed by atoms with Crippen molar-refractivity contribution in [3.05, 3.63) is 47.7 Å². The summed E-state index contributed by atoms with van der Waals surface area (Å²) in [4.78, 5) is 2.62. The zero-order valence-corrected chi connectivity index (χ0v) is 13.0. The first-order valence-corrected chi connectivity index (χ1v) is 8.47. The zero-order chi connectivity index (χ0) is 14.9. The lowest BCUT2D eigenvalue weighted by atomic mass is 9.67. The largest absolute Gasteiger partial charge is 0.373 e. The van der Waals surface area contributed by atoms with Crippen LogP contribution in [0, 0.1) is 5.41 Å². The number of para-hydroxylation sites is 1. The molecule has 114 valence electrons. The number of fused-ring (bicyclic) bond motifs is 3. The Hall–Kier alpha value is -1.58. The van der Waals surface area contributed by atoms with Crippen LogP contribution in [0.15, 0.2) is 36.4 Å². The van der Waals surface area contributed by atoms with Crippen LogP contribution in [0.2, 0.25) is 0 Å². The highest BCUT2D eigenvalue weighted by molar-refractivity contribution is 5.86. The second-order valence-corrected chi connectivity index (χ2v) is 7.07. The minimum atomic E-state index is -0.410. The summed E-state index contributed by atoms with van der Waals surface area (Å²) in [5, 5.41) is 12.3. The molecule has 0 fully saturated rings. The summed E-state index contributed by atoms with van der Waals surface area (Å²) in [6.07, 6.45) is 7.31. The van der Waals surface area contributed by atoms with Crippen LogP contribution < -0.4 is 0 Å². The molecule has 0 spiro atoms. The van der Waals surface area contributed by atoms with E-state index in [0.717, 1.165) is 32.4 Å². The molecule has 3 aliphatic heterocycles. The van der Waals surface area contributed by atoms with Crippen LogP contribution in [0.5, 0.6) is 0 Å². The van der Waals surface area contributed by atoms with E-state index < -0.39 is 6.23 Å². The Morgan fingerprint density at radius 1 is 1.32 bits per heavy atom. The van der Waals surface area contributed by atoms with Crippen molar-refractivity contribution in [2.45, 2.75) is 38.5 Å². The average Bonchev–Trinajstić information content (AvgIpc) is 2.89. The van der Waals surface area contributed by atoms with E-state index in [1.165, 1.54) is 22.2 Å². The second-order valence-electron chi connectivity index (χ2n) is 7.07. The van der Waals surface area contributed by atoms with Crippen molar-refractivity contribution >= 4 is 10.9 Å². The molecule has 0 saturated heterocycles. The molecule has 0 saturated carbocycles. The van der Waals surface area contributed by atoms with Crippen LogP contribution in [-0.2, 0) is 6.42 Å². The molecule has 3 atom stereocenters. The lowest BCUT2D eigenvalue weighted by Gasteiger charge is -2.53. The normalized spacial score (nSPS) is 33.2. The van der Waals surface area contributed by atoms with Crippen molar-refractivity contribution in [3.8, 4) is 0 Å². The van der Waals surface area contributed by atoms with Crippen LogP contribution in [0.25, 0.3) is 10.9 Å². The SMILES string of the molecule is CCC12C=CCN3CCc4c(n(c5ccccc45)C(O)C1)C32. The molecule has 2 aromatic rings. The van der Waals surface area contributed by atoms with Gasteiger partial charge in [0.15, 0.2) is 0 Å². The van der Waals surface area contributed by atoms with Crippen molar-refractivity contribution in [2.24, 2.45) is 5.41 Å². The Morgan fingerprint density at radius 3 is 3.05 bits per heavy atom. The number of nitrogens with zero attached hydrogens (tertiary/aromatic N) is 2. The van der Waals surface area contributed by atoms with Crippen LogP contribution in [-0.4, -0.2) is 27.7 Å². The molecule has 1 N–H and O–H groups in total. The molecule has 0 radical (unpaired) electrons. The molecule has 1 aromatic carbocycles. The fourth-order valence-electron chi connectivity index (χ4n) is 5.20. The number of aromatic nitrogens is 1. The lowest BCUT2D eigenvalue weighted by molar-refractivity contribution is -0.0313. The average molecular weight is 294 g/mol. The molecule has 22 heavy (non-hydrogen) atoms. The van der Waals surface area contributed by atoms with Crippen LogP contribution in [0.1, 0.15) is 43.3 Å². The Balaban J connectivity index is 1.88. The van der Waals surface area contributed by atoms with Gasteiger partial charge in [0.05, 0.1) is 11.6 Å². The number of benzene rings is 1. The van der Waals surface area contributed by atoms with Gasteiger partial charge in [-0.1, -0.05) is 37.3 Å². The summed E-state index contributed by atoms with van der Waals surface area (Å²) < 4.78 is 2.23. The molecule has 5 rings (SSSR count). The first-order valence-electron chi connectivity index (χ1n) is 8.47. The predicted molar refractivity (Wildman–Crippen MR) is 87.7 cm³/mol. The molecule has 3 unspecified atom stereocenters. The minimum absolute atomic E-state index is 0.0945. The third kappa shape index (κ3) is 1.39. The van der Waals surface area contributed by atoms with Gasteiger partial charge in [0.1, 0.15) is 6.23 Å². The maximum Gasteiger partial charge on any atom is 0.131 e. The summed E-state index contributed by atoms with van der Waals surface area (Å²) >= 11 is 0. The second kappa shape index (κ2) is 4.24. The molecule has 3 heteroatoms. The Kier molecular flexibility index (Phi) is 2.49. The third-order valence-electron chi connectivity index (χ3n) is 6.18. The standard InChI is InChI=1S/C19H22N2O/c1-2-19-9-5-10-20-11-8-14-13-6-3-4-7-15(13)21(16(22)12-19)17(14)18(19)20/h3-7,9,16,18,22H,2,8,10-12H2,1H3. The van der Waals surface area contributed by atoms with Gasteiger partial charge in [0.25, 0.3) is 0 Å². The summed E-state index contributed by atoms with van der Waals surface area (Å²) in [5.41, 5.74) is 4.17. The van der Waals surface area contributed by atoms with Gasteiger partial charge in [-0.3, -0.25) is 4.90 Å². The molecular weight excluding hydrogens is 272 g/mol. The predicted octanol–water partition coefficient (Wildman–Crippen LogP) is 3.40. The van der Waals surface area contributed by atoms with E-state index >= 15 is 0 Å². The quantitative estimate of drug-likeness (QED) is 0.817. The lowest BCUT2D eigenvalue weighted by Crippen LogP contribution is -2.51. The van der Waals surface area contributed by atoms with E-state index in [-0.39, 0.29) is 5.41 Å². The zero-order valence-electron chi connectivity index (χ0n) is 13.0. The van der Waals surface area contributed by atoms with E-state index in [1.54, 1.807) is 0 Å². The first kappa shape index (κ1) is 12.9. The first-order chi connectivity index (χ1) is 10.7. The van der Waals surface area contributed by atoms with Gasteiger partial charge >= 0.3 is 0 Å². The molecule has 3 aliphatic rings. The van der Waals surface area contributed by atoms with E-state index in [9.17, 15) is 5.11 Å². The van der Waals surface area contributed by atoms with Gasteiger partial charge in [-0.15, -0.1) is 0 Å². The monoisotopic (exact) mass is 294 g/mol. The van der Waals surface area contributed by atoms with Gasteiger partial charge in [-0.05, 0) is 24.5 Å². The van der Waals surface area contributed by atoms with Crippen molar-refractivity contribution in [1.82, 2.24) is 9.47 Å². The summed E-state index contributed by atoms with van der Waals surface area (Å²) in [7, 11) is 0. The molecule has 3 nitrogen and oxygen atoms in total. The third-order valence-corrected chi connectivity index (χ3v) is 6.18. The smallest absolute Gasteiger partial charge is 0.131 e. The number of aliphatic hydroxyl groups is 1. The maximum atomic E-state index is 10.9. The van der Waals surface area contributed by atoms with Crippen molar-refractivity contribution in [1.29, 1.82) is 0 Å². The van der Waals surface area contributed by atoms with Crippen LogP contribution in [0.3, 0.4) is 0 Å². The van der Waals surface area contributed by atoms with Crippen molar-refractivity contribution in [3.63, 3.8) is 0 Å². The number of hydrogen-bond acceptors (Lipinski definition) is 2. The van der Waals surface area contributed by atoms with Gasteiger partial charge in [0, 0.05) is 36.0 Å². The molecule has 0 aliphatic carbocycles. The number of rotatable bonds is 1. The highest BCUT2D eigenvalue weighted by Gasteiger charge is 2.51. The topological polar surface area (TPSA) is 28.4 Å². The van der Waals surface area contributed by atoms with Gasteiger partial charge < -0.3 is 9.67 Å². The molecule has 4 heterocycles. The summed E-state index contributed by atoms with van der Waals surface area (Å²) in [5.74, 6) is 0. The highest BCUT2D eigenvalue weighted by Crippen LogP contribution is 2.57. The molecular formula is C19H22N2O. The fourth-order valence-corrected chi connectivity index (χ4v) is 5.20. The summed E-state index contributed by atoms with van der Waals surface area (Å²) in [6, 6.07) is 9.03. The van der Waals surface area contributed by atoms with Gasteiger partial charge in [-0.25, -0.2) is 0 Å². The van der Waals surface area contributed by atoms with Crippen molar-refractivity contribution in [2.75, 3.05) is 13.1 Å². The van der Waals surface area contributed by atoms with Gasteiger partial charge in [0.2, 0.25) is 0 Å². The van der Waals surface area contributed by atoms with Crippen LogP contribution >= 0.6 is 0 Å². The summed E-state index contributed by atoms with van der Waals surface area (Å²) in [6.45, 7) is 4.45. The van der Waals surface area contributed by atoms with E-state index in [0.29, 0.717) is 6.04 Å². The Labute approximate surface area is 130 Å². The Bertz CT molecular complexity index is 790. The Morgan fingerprint density at radius 2 is 2.18 bits per heavy atom. The van der Waals surface area contributed by atoms with Crippen LogP contribution in [0.4, 0.5) is 0 Å². The molecule has 0 amide bonds. The van der Waals surface area contributed by atoms with Gasteiger partial charge in [-0.2, -0.15) is 0 Å². The number of aliphatic hydroxyl groups excluding tert-OH is 1.